The van der Waals surface area contributed by atoms with Crippen molar-refractivity contribution < 1.29 is 33.1 Å². The van der Waals surface area contributed by atoms with Crippen LogP contribution in [0.25, 0.3) is 33.2 Å². The van der Waals surface area contributed by atoms with Gasteiger partial charge in [0, 0.05) is 72.3 Å². The number of benzene rings is 4. The first-order valence-corrected chi connectivity index (χ1v) is 22.9. The van der Waals surface area contributed by atoms with Crippen LogP contribution in [0.3, 0.4) is 0 Å². The van der Waals surface area contributed by atoms with Gasteiger partial charge in [0.2, 0.25) is 0 Å². The second-order valence-electron chi connectivity index (χ2n) is 15.4. The average Bonchev–Trinajstić information content (AvgIpc) is 3.34. The number of carbonyl (C=O) groups excluding carboxylic acids is 1. The van der Waals surface area contributed by atoms with E-state index in [2.05, 4.69) is 35.3 Å². The van der Waals surface area contributed by atoms with Crippen molar-refractivity contribution in [3.8, 4) is 16.9 Å². The molecule has 15 nitrogen and oxygen atoms in total. The average molecular weight is 1060 g/mol. The van der Waals surface area contributed by atoms with E-state index in [1.165, 1.54) is 45.5 Å². The summed E-state index contributed by atoms with van der Waals surface area (Å²) in [4.78, 5) is 70.9. The second kappa shape index (κ2) is 24.7. The molecular formula is C49H43BBrCl2F2N6O9. The summed E-state index contributed by atoms with van der Waals surface area (Å²) in [6.45, 7) is 0.551. The molecule has 0 bridgehead atoms. The largest absolute Gasteiger partial charge is 0.569 e. The Labute approximate surface area is 417 Å². The number of rotatable bonds is 15. The fraction of sp³-hybridized carbons (Fsp3) is 0.204. The van der Waals surface area contributed by atoms with Gasteiger partial charge in [-0.05, 0) is 118 Å². The monoisotopic (exact) mass is 1060 g/mol. The number of hydrogen-bond acceptors (Lipinski definition) is 11. The lowest BCUT2D eigenvalue weighted by Gasteiger charge is -2.16. The third-order valence-electron chi connectivity index (χ3n) is 10.8. The lowest BCUT2D eigenvalue weighted by molar-refractivity contribution is -0.128. The molecule has 21 heteroatoms. The van der Waals surface area contributed by atoms with Gasteiger partial charge >= 0.3 is 19.1 Å². The SMILES string of the molecule is Cn1c(=O)n(CCCO)c(=O)c2c(Cc3ccc(Cl)cc3)c(-c3cccc(F)c3)cnc21.Cn1c(=O)n(CCCOC=O)c(=O)c2c(Cc3ccc(Cl)cc3)c(Br)cnc21.O[B]Oc1cccc(F)c1. The summed E-state index contributed by atoms with van der Waals surface area (Å²) < 4.78 is 41.1. The van der Waals surface area contributed by atoms with E-state index in [-0.39, 0.29) is 49.9 Å². The van der Waals surface area contributed by atoms with Crippen LogP contribution in [0.1, 0.15) is 35.1 Å². The molecule has 0 atom stereocenters. The van der Waals surface area contributed by atoms with Crippen molar-refractivity contribution in [1.82, 2.24) is 28.2 Å². The van der Waals surface area contributed by atoms with E-state index in [0.29, 0.717) is 81.0 Å². The molecule has 4 aromatic carbocycles. The minimum atomic E-state index is -0.501. The molecule has 0 fully saturated rings. The first-order chi connectivity index (χ1) is 33.7. The first kappa shape index (κ1) is 52.6. The molecule has 8 rings (SSSR count). The molecule has 4 aromatic heterocycles. The zero-order valence-electron chi connectivity index (χ0n) is 37.5. The number of carbonyl (C=O) groups is 1. The number of nitrogens with zero attached hydrogens (tertiary/aromatic N) is 6. The van der Waals surface area contributed by atoms with Gasteiger partial charge in [-0.1, -0.05) is 65.7 Å². The van der Waals surface area contributed by atoms with E-state index in [9.17, 15) is 37.9 Å². The molecule has 0 saturated carbocycles. The van der Waals surface area contributed by atoms with E-state index in [1.54, 1.807) is 62.9 Å². The van der Waals surface area contributed by atoms with Crippen LogP contribution < -0.4 is 27.2 Å². The molecule has 70 heavy (non-hydrogen) atoms. The van der Waals surface area contributed by atoms with Crippen molar-refractivity contribution in [1.29, 1.82) is 0 Å². The minimum Gasteiger partial charge on any atom is -0.537 e. The van der Waals surface area contributed by atoms with E-state index >= 15 is 0 Å². The van der Waals surface area contributed by atoms with Crippen molar-refractivity contribution in [2.24, 2.45) is 14.1 Å². The van der Waals surface area contributed by atoms with Crippen LogP contribution in [0.2, 0.25) is 10.0 Å². The Balaban J connectivity index is 0.000000193. The molecule has 0 spiro atoms. The molecule has 2 N–H and O–H groups in total. The van der Waals surface area contributed by atoms with Gasteiger partial charge in [-0.2, -0.15) is 0 Å². The summed E-state index contributed by atoms with van der Waals surface area (Å²) in [5.41, 5.74) is 3.16. The van der Waals surface area contributed by atoms with E-state index in [1.807, 2.05) is 24.3 Å². The van der Waals surface area contributed by atoms with Crippen LogP contribution in [0.4, 0.5) is 8.78 Å². The van der Waals surface area contributed by atoms with Gasteiger partial charge in [-0.25, -0.2) is 28.3 Å². The summed E-state index contributed by atoms with van der Waals surface area (Å²) in [5, 5.41) is 19.2. The molecule has 0 aliphatic heterocycles. The number of aryl methyl sites for hydroxylation is 2. The van der Waals surface area contributed by atoms with E-state index in [4.69, 9.17) is 28.2 Å². The van der Waals surface area contributed by atoms with Crippen molar-refractivity contribution in [2.45, 2.75) is 38.8 Å². The predicted molar refractivity (Wildman–Crippen MR) is 267 cm³/mol. The normalized spacial score (nSPS) is 10.8. The number of fused-ring (bicyclic) bond motifs is 2. The molecule has 0 aliphatic rings. The Bertz CT molecular complexity index is 3390. The standard InChI is InChI=1S/C24H21ClFN3O3.C19H17BrClN3O4.C6H5BFO2/c1-28-22-21(23(31)29(24(28)32)10-3-11-30)19(12-15-6-8-17(25)9-7-15)20(14-27-22)16-4-2-5-18(26)13-16;1-23-17-16(18(26)24(19(23)27)7-2-8-28-11-25)14(15(20)10-22-17)9-12-3-5-13(21)6-4-12;8-5-2-1-3-6(4-5)10-7-9/h2,4-9,13-14,30H,3,10-12H2,1H3;3-6,10-11H,2,7-9H2,1H3;1-4,9H. The zero-order chi connectivity index (χ0) is 50.5. The van der Waals surface area contributed by atoms with Gasteiger partial charge in [0.1, 0.15) is 28.7 Å². The van der Waals surface area contributed by atoms with E-state index in [0.717, 1.165) is 25.8 Å². The lowest BCUT2D eigenvalue weighted by Crippen LogP contribution is -2.40. The number of aliphatic hydroxyl groups is 1. The Morgan fingerprint density at radius 3 is 1.76 bits per heavy atom. The van der Waals surface area contributed by atoms with Crippen LogP contribution in [-0.2, 0) is 49.6 Å². The maximum absolute atomic E-state index is 14.0. The highest BCUT2D eigenvalue weighted by Crippen LogP contribution is 2.30. The molecule has 4 heterocycles. The highest BCUT2D eigenvalue weighted by molar-refractivity contribution is 9.10. The molecule has 0 saturated heterocycles. The zero-order valence-corrected chi connectivity index (χ0v) is 40.6. The fourth-order valence-electron chi connectivity index (χ4n) is 7.45. The van der Waals surface area contributed by atoms with Crippen molar-refractivity contribution in [3.63, 3.8) is 0 Å². The maximum atomic E-state index is 14.0. The predicted octanol–water partition coefficient (Wildman–Crippen LogP) is 6.92. The van der Waals surface area contributed by atoms with Crippen molar-refractivity contribution in [3.05, 3.63) is 200 Å². The van der Waals surface area contributed by atoms with Gasteiger partial charge < -0.3 is 19.5 Å². The van der Waals surface area contributed by atoms with Crippen LogP contribution in [0.15, 0.2) is 133 Å². The Morgan fingerprint density at radius 2 is 1.23 bits per heavy atom. The Hall–Kier alpha value is -6.77. The van der Waals surface area contributed by atoms with Crippen LogP contribution >= 0.6 is 39.1 Å². The highest BCUT2D eigenvalue weighted by Gasteiger charge is 2.21. The molecular weight excluding hydrogens is 1020 g/mol. The van der Waals surface area contributed by atoms with Gasteiger partial charge in [-0.15, -0.1) is 0 Å². The van der Waals surface area contributed by atoms with Crippen LogP contribution in [-0.4, -0.2) is 65.7 Å². The molecule has 361 valence electrons. The smallest absolute Gasteiger partial charge is 0.537 e. The number of halogens is 5. The first-order valence-electron chi connectivity index (χ1n) is 21.3. The second-order valence-corrected chi connectivity index (χ2v) is 17.2. The van der Waals surface area contributed by atoms with Gasteiger partial charge in [0.25, 0.3) is 17.6 Å². The molecule has 0 aliphatic carbocycles. The number of pyridine rings is 2. The van der Waals surface area contributed by atoms with Gasteiger partial charge in [0.05, 0.1) is 17.4 Å². The lowest BCUT2D eigenvalue weighted by atomic mass is 9.94. The van der Waals surface area contributed by atoms with Crippen LogP contribution in [0.5, 0.6) is 5.75 Å². The Kier molecular flexibility index (Phi) is 18.5. The number of aromatic nitrogens is 6. The number of aliphatic hydroxyl groups excluding tert-OH is 1. The third-order valence-corrected chi connectivity index (χ3v) is 12.0. The maximum Gasteiger partial charge on any atom is 0.569 e. The van der Waals surface area contributed by atoms with Crippen LogP contribution in [0, 0.1) is 11.6 Å². The van der Waals surface area contributed by atoms with Crippen molar-refractivity contribution in [2.75, 3.05) is 13.2 Å². The molecule has 8 aromatic rings. The summed E-state index contributed by atoms with van der Waals surface area (Å²) in [6, 6.07) is 26.2. The summed E-state index contributed by atoms with van der Waals surface area (Å²) >= 11 is 15.5. The van der Waals surface area contributed by atoms with Gasteiger partial charge in [-0.3, -0.25) is 32.7 Å². The van der Waals surface area contributed by atoms with E-state index < -0.39 is 28.3 Å². The minimum absolute atomic E-state index is 0.0858. The molecule has 0 amide bonds. The summed E-state index contributed by atoms with van der Waals surface area (Å²) in [7, 11) is 3.64. The third kappa shape index (κ3) is 12.7. The summed E-state index contributed by atoms with van der Waals surface area (Å²) in [5.74, 6) is -0.511. The van der Waals surface area contributed by atoms with Crippen molar-refractivity contribution >= 4 is 75.4 Å². The Morgan fingerprint density at radius 1 is 0.714 bits per heavy atom. The fourth-order valence-corrected chi connectivity index (χ4v) is 8.14. The molecule has 1 radical (unpaired) electrons. The number of hydrogen-bond donors (Lipinski definition) is 2. The quantitative estimate of drug-likeness (QED) is 0.0616. The van der Waals surface area contributed by atoms with Gasteiger partial charge in [0.15, 0.2) is 0 Å². The molecule has 0 unspecified atom stereocenters. The highest BCUT2D eigenvalue weighted by atomic mass is 79.9. The summed E-state index contributed by atoms with van der Waals surface area (Å²) in [6.07, 6.45) is 4.61. The topological polar surface area (TPSA) is 190 Å². The number of ether oxygens (including phenoxy) is 1.